The van der Waals surface area contributed by atoms with Crippen molar-refractivity contribution in [2.75, 3.05) is 18.0 Å². The SMILES string of the molecule is NCCN(c1ncc(Br)cc1Br)C1CCC1. The number of nitrogens with zero attached hydrogens (tertiary/aromatic N) is 2. The molecule has 5 heteroatoms. The molecular formula is C11H15Br2N3. The molecule has 0 amide bonds. The van der Waals surface area contributed by atoms with Crippen LogP contribution in [0.5, 0.6) is 0 Å². The second-order valence-electron chi connectivity index (χ2n) is 4.03. The molecule has 0 aromatic carbocycles. The molecular weight excluding hydrogens is 334 g/mol. The lowest BCUT2D eigenvalue weighted by Gasteiger charge is -2.38. The summed E-state index contributed by atoms with van der Waals surface area (Å²) in [5, 5.41) is 0. The highest BCUT2D eigenvalue weighted by atomic mass is 79.9. The fourth-order valence-corrected chi connectivity index (χ4v) is 3.13. The Morgan fingerprint density at radius 2 is 2.19 bits per heavy atom. The van der Waals surface area contributed by atoms with Crippen molar-refractivity contribution in [3.8, 4) is 0 Å². The average molecular weight is 349 g/mol. The van der Waals surface area contributed by atoms with Gasteiger partial charge in [0.2, 0.25) is 0 Å². The first kappa shape index (κ1) is 12.3. The minimum atomic E-state index is 0.619. The van der Waals surface area contributed by atoms with E-state index in [1.807, 2.05) is 12.3 Å². The maximum absolute atomic E-state index is 5.67. The molecule has 88 valence electrons. The van der Waals surface area contributed by atoms with Crippen LogP contribution >= 0.6 is 31.9 Å². The first-order valence-electron chi connectivity index (χ1n) is 5.50. The highest BCUT2D eigenvalue weighted by Crippen LogP contribution is 2.33. The highest BCUT2D eigenvalue weighted by Gasteiger charge is 2.26. The fraction of sp³-hybridized carbons (Fsp3) is 0.545. The Balaban J connectivity index is 2.23. The Morgan fingerprint density at radius 1 is 1.44 bits per heavy atom. The van der Waals surface area contributed by atoms with Gasteiger partial charge in [0.05, 0.1) is 4.47 Å². The third-order valence-corrected chi connectivity index (χ3v) is 3.96. The molecule has 3 nitrogen and oxygen atoms in total. The lowest BCUT2D eigenvalue weighted by Crippen LogP contribution is -2.43. The Kier molecular flexibility index (Phi) is 4.21. The van der Waals surface area contributed by atoms with E-state index >= 15 is 0 Å². The van der Waals surface area contributed by atoms with Gasteiger partial charge in [-0.3, -0.25) is 0 Å². The quantitative estimate of drug-likeness (QED) is 0.909. The number of anilines is 1. The van der Waals surface area contributed by atoms with E-state index in [0.29, 0.717) is 12.6 Å². The molecule has 0 bridgehead atoms. The van der Waals surface area contributed by atoms with Crippen LogP contribution in [0.15, 0.2) is 21.2 Å². The van der Waals surface area contributed by atoms with E-state index in [1.165, 1.54) is 19.3 Å². The van der Waals surface area contributed by atoms with Gasteiger partial charge in [0.1, 0.15) is 5.82 Å². The van der Waals surface area contributed by atoms with Crippen molar-refractivity contribution in [1.82, 2.24) is 4.98 Å². The molecule has 0 saturated heterocycles. The predicted octanol–water partition coefficient (Wildman–Crippen LogP) is 2.92. The van der Waals surface area contributed by atoms with Gasteiger partial charge in [-0.05, 0) is 57.2 Å². The van der Waals surface area contributed by atoms with Gasteiger partial charge >= 0.3 is 0 Å². The van der Waals surface area contributed by atoms with Crippen molar-refractivity contribution >= 4 is 37.7 Å². The summed E-state index contributed by atoms with van der Waals surface area (Å²) in [5.74, 6) is 1.01. The van der Waals surface area contributed by atoms with Crippen molar-refractivity contribution in [2.24, 2.45) is 5.73 Å². The van der Waals surface area contributed by atoms with E-state index in [9.17, 15) is 0 Å². The number of rotatable bonds is 4. The van der Waals surface area contributed by atoms with Crippen LogP contribution < -0.4 is 10.6 Å². The maximum Gasteiger partial charge on any atom is 0.143 e. The number of hydrogen-bond acceptors (Lipinski definition) is 3. The monoisotopic (exact) mass is 347 g/mol. The van der Waals surface area contributed by atoms with E-state index in [1.54, 1.807) is 0 Å². The molecule has 0 spiro atoms. The van der Waals surface area contributed by atoms with Crippen LogP contribution in [0.25, 0.3) is 0 Å². The standard InChI is InChI=1S/C11H15Br2N3/c12-8-6-10(13)11(15-7-8)16(5-4-14)9-2-1-3-9/h6-7,9H,1-5,14H2. The number of aromatic nitrogens is 1. The second kappa shape index (κ2) is 5.47. The van der Waals surface area contributed by atoms with Gasteiger partial charge in [0.25, 0.3) is 0 Å². The molecule has 1 aliphatic rings. The number of hydrogen-bond donors (Lipinski definition) is 1. The summed E-state index contributed by atoms with van der Waals surface area (Å²) in [7, 11) is 0. The first-order chi connectivity index (χ1) is 7.72. The summed E-state index contributed by atoms with van der Waals surface area (Å²) in [6, 6.07) is 2.65. The van der Waals surface area contributed by atoms with Crippen molar-refractivity contribution < 1.29 is 0 Å². The lowest BCUT2D eigenvalue weighted by atomic mass is 9.91. The third-order valence-electron chi connectivity index (χ3n) is 2.95. The molecule has 1 fully saturated rings. The van der Waals surface area contributed by atoms with Crippen LogP contribution in [0, 0.1) is 0 Å². The molecule has 0 radical (unpaired) electrons. The second-order valence-corrected chi connectivity index (χ2v) is 5.80. The largest absolute Gasteiger partial charge is 0.351 e. The maximum atomic E-state index is 5.67. The van der Waals surface area contributed by atoms with Crippen LogP contribution in [0.3, 0.4) is 0 Å². The van der Waals surface area contributed by atoms with Crippen molar-refractivity contribution in [2.45, 2.75) is 25.3 Å². The van der Waals surface area contributed by atoms with Crippen LogP contribution in [0.2, 0.25) is 0 Å². The lowest BCUT2D eigenvalue weighted by molar-refractivity contribution is 0.385. The fourth-order valence-electron chi connectivity index (χ4n) is 1.92. The van der Waals surface area contributed by atoms with Crippen molar-refractivity contribution in [3.05, 3.63) is 21.2 Å². The van der Waals surface area contributed by atoms with E-state index < -0.39 is 0 Å². The summed E-state index contributed by atoms with van der Waals surface area (Å²) in [5.41, 5.74) is 5.67. The van der Waals surface area contributed by atoms with Gasteiger partial charge in [-0.1, -0.05) is 0 Å². The van der Waals surface area contributed by atoms with Crippen molar-refractivity contribution in [3.63, 3.8) is 0 Å². The topological polar surface area (TPSA) is 42.1 Å². The molecule has 0 atom stereocenters. The zero-order valence-electron chi connectivity index (χ0n) is 9.00. The minimum Gasteiger partial charge on any atom is -0.351 e. The van der Waals surface area contributed by atoms with Gasteiger partial charge in [-0.25, -0.2) is 4.98 Å². The van der Waals surface area contributed by atoms with E-state index in [-0.39, 0.29) is 0 Å². The Morgan fingerprint density at radius 3 is 2.69 bits per heavy atom. The van der Waals surface area contributed by atoms with E-state index in [0.717, 1.165) is 21.3 Å². The Hall–Kier alpha value is -0.130. The van der Waals surface area contributed by atoms with Gasteiger partial charge in [0.15, 0.2) is 0 Å². The number of nitrogens with two attached hydrogens (primary N) is 1. The Labute approximate surface area is 113 Å². The molecule has 1 aromatic heterocycles. The average Bonchev–Trinajstić information content (AvgIpc) is 2.14. The minimum absolute atomic E-state index is 0.619. The molecule has 1 heterocycles. The third kappa shape index (κ3) is 2.57. The molecule has 1 aromatic rings. The van der Waals surface area contributed by atoms with Crippen LogP contribution in [0.1, 0.15) is 19.3 Å². The summed E-state index contributed by atoms with van der Waals surface area (Å²) >= 11 is 6.98. The summed E-state index contributed by atoms with van der Waals surface area (Å²) in [6.07, 6.45) is 5.66. The van der Waals surface area contributed by atoms with E-state index in [2.05, 4.69) is 41.7 Å². The van der Waals surface area contributed by atoms with Crippen molar-refractivity contribution in [1.29, 1.82) is 0 Å². The molecule has 16 heavy (non-hydrogen) atoms. The highest BCUT2D eigenvalue weighted by molar-refractivity contribution is 9.11. The zero-order valence-corrected chi connectivity index (χ0v) is 12.2. The van der Waals surface area contributed by atoms with E-state index in [4.69, 9.17) is 5.73 Å². The predicted molar refractivity (Wildman–Crippen MR) is 73.7 cm³/mol. The molecule has 2 rings (SSSR count). The van der Waals surface area contributed by atoms with Gasteiger partial charge in [-0.15, -0.1) is 0 Å². The molecule has 2 N–H and O–H groups in total. The molecule has 1 aliphatic carbocycles. The van der Waals surface area contributed by atoms with Crippen LogP contribution in [0.4, 0.5) is 5.82 Å². The molecule has 1 saturated carbocycles. The van der Waals surface area contributed by atoms with Gasteiger partial charge < -0.3 is 10.6 Å². The normalized spacial score (nSPS) is 15.9. The summed E-state index contributed by atoms with van der Waals surface area (Å²) in [4.78, 5) is 6.80. The van der Waals surface area contributed by atoms with Crippen LogP contribution in [-0.2, 0) is 0 Å². The molecule has 0 unspecified atom stereocenters. The molecule has 0 aliphatic heterocycles. The first-order valence-corrected chi connectivity index (χ1v) is 7.08. The summed E-state index contributed by atoms with van der Waals surface area (Å²) in [6.45, 7) is 1.54. The summed E-state index contributed by atoms with van der Waals surface area (Å²) < 4.78 is 2.02. The zero-order chi connectivity index (χ0) is 11.5. The number of halogens is 2. The Bertz CT molecular complexity index is 366. The van der Waals surface area contributed by atoms with Gasteiger partial charge in [0, 0.05) is 29.8 Å². The smallest absolute Gasteiger partial charge is 0.143 e. The van der Waals surface area contributed by atoms with Gasteiger partial charge in [-0.2, -0.15) is 0 Å². The number of pyridine rings is 1. The van der Waals surface area contributed by atoms with Crippen LogP contribution in [-0.4, -0.2) is 24.1 Å².